The molecule has 0 aromatic rings. The fraction of sp³-hybridized carbons (Fsp3) is 1.00. The minimum absolute atomic E-state index is 0.377. The summed E-state index contributed by atoms with van der Waals surface area (Å²) >= 11 is 0. The molecule has 6 heteroatoms. The van der Waals surface area contributed by atoms with Gasteiger partial charge in [0, 0.05) is 0 Å². The Hall–Kier alpha value is -0.240. The third-order valence-corrected chi connectivity index (χ3v) is 1.63. The van der Waals surface area contributed by atoms with E-state index >= 15 is 0 Å². The Morgan fingerprint density at radius 1 is 1.36 bits per heavy atom. The Labute approximate surface area is 63.1 Å². The first-order valence-electron chi connectivity index (χ1n) is 3.18. The highest BCUT2D eigenvalue weighted by Gasteiger charge is 2.42. The molecule has 0 radical (unpaired) electrons. The van der Waals surface area contributed by atoms with Crippen LogP contribution in [0.25, 0.3) is 0 Å². The highest BCUT2D eigenvalue weighted by atomic mass is 16.8. The van der Waals surface area contributed by atoms with Gasteiger partial charge in [-0.05, 0) is 0 Å². The smallest absolute Gasteiger partial charge is 0.206 e. The minimum atomic E-state index is -1.20. The highest BCUT2D eigenvalue weighted by molar-refractivity contribution is 4.85. The Bertz CT molecular complexity index is 114. The van der Waals surface area contributed by atoms with Gasteiger partial charge in [-0.2, -0.15) is 0 Å². The summed E-state index contributed by atoms with van der Waals surface area (Å²) in [6.45, 7) is -0.377. The molecular weight excluding hydrogens is 154 g/mol. The molecule has 1 aliphatic heterocycles. The van der Waals surface area contributed by atoms with E-state index in [1.54, 1.807) is 0 Å². The molecule has 1 fully saturated rings. The first-order valence-corrected chi connectivity index (χ1v) is 3.18. The van der Waals surface area contributed by atoms with Gasteiger partial charge in [0.05, 0.1) is 6.61 Å². The van der Waals surface area contributed by atoms with Crippen molar-refractivity contribution in [2.45, 2.75) is 24.6 Å². The van der Waals surface area contributed by atoms with E-state index in [0.29, 0.717) is 0 Å². The van der Waals surface area contributed by atoms with Crippen LogP contribution in [0.4, 0.5) is 0 Å². The van der Waals surface area contributed by atoms with Gasteiger partial charge in [-0.3, -0.25) is 4.84 Å². The van der Waals surface area contributed by atoms with Crippen LogP contribution in [0.15, 0.2) is 0 Å². The maximum absolute atomic E-state index is 9.09. The Kier molecular flexibility index (Phi) is 2.77. The number of hydrogen-bond acceptors (Lipinski definition) is 6. The molecule has 1 rings (SSSR count). The molecule has 4 atom stereocenters. The molecule has 5 N–H and O–H groups in total. The second kappa shape index (κ2) is 3.44. The lowest BCUT2D eigenvalue weighted by atomic mass is 10.1. The Balaban J connectivity index is 2.53. The monoisotopic (exact) mass is 165 g/mol. The standard InChI is InChI=1S/C5H11NO5/c6-11-5-4(9)3(8)2(1-7)10-5/h2-5,7-9H,1,6H2. The molecule has 0 aromatic carbocycles. The summed E-state index contributed by atoms with van der Waals surface area (Å²) in [5.41, 5.74) is 0. The van der Waals surface area contributed by atoms with Gasteiger partial charge in [0.2, 0.25) is 6.29 Å². The van der Waals surface area contributed by atoms with Crippen LogP contribution >= 0.6 is 0 Å². The van der Waals surface area contributed by atoms with Crippen LogP contribution in [0.1, 0.15) is 0 Å². The highest BCUT2D eigenvalue weighted by Crippen LogP contribution is 2.20. The fourth-order valence-electron chi connectivity index (χ4n) is 0.978. The third-order valence-electron chi connectivity index (χ3n) is 1.63. The van der Waals surface area contributed by atoms with Crippen LogP contribution in [-0.4, -0.2) is 46.5 Å². The van der Waals surface area contributed by atoms with Crippen LogP contribution in [0.3, 0.4) is 0 Å². The number of hydrogen-bond donors (Lipinski definition) is 4. The Morgan fingerprint density at radius 3 is 2.27 bits per heavy atom. The normalized spacial score (nSPS) is 44.7. The van der Waals surface area contributed by atoms with Crippen molar-refractivity contribution < 1.29 is 24.9 Å². The molecule has 1 saturated heterocycles. The molecule has 6 nitrogen and oxygen atoms in total. The molecule has 1 heterocycles. The summed E-state index contributed by atoms with van der Waals surface area (Å²) in [6.07, 6.45) is -4.22. The first-order chi connectivity index (χ1) is 5.20. The molecule has 4 unspecified atom stereocenters. The number of nitrogens with two attached hydrogens (primary N) is 1. The molecule has 0 aromatic heterocycles. The van der Waals surface area contributed by atoms with Crippen molar-refractivity contribution in [3.8, 4) is 0 Å². The molecule has 11 heavy (non-hydrogen) atoms. The Morgan fingerprint density at radius 2 is 2.00 bits per heavy atom. The van der Waals surface area contributed by atoms with Gasteiger partial charge in [0.15, 0.2) is 0 Å². The average Bonchev–Trinajstić information content (AvgIpc) is 2.30. The quantitative estimate of drug-likeness (QED) is 0.332. The molecule has 0 aliphatic carbocycles. The SMILES string of the molecule is NOC1OC(CO)C(O)C1O. The van der Waals surface area contributed by atoms with Crippen molar-refractivity contribution in [1.29, 1.82) is 0 Å². The van der Waals surface area contributed by atoms with E-state index in [2.05, 4.69) is 4.84 Å². The van der Waals surface area contributed by atoms with Gasteiger partial charge in [0.1, 0.15) is 18.3 Å². The van der Waals surface area contributed by atoms with E-state index in [-0.39, 0.29) is 6.61 Å². The fourth-order valence-corrected chi connectivity index (χ4v) is 0.978. The van der Waals surface area contributed by atoms with Crippen molar-refractivity contribution in [3.05, 3.63) is 0 Å². The maximum Gasteiger partial charge on any atom is 0.206 e. The zero-order chi connectivity index (χ0) is 8.43. The lowest BCUT2D eigenvalue weighted by Gasteiger charge is -2.10. The molecule has 0 bridgehead atoms. The van der Waals surface area contributed by atoms with E-state index in [4.69, 9.17) is 26.0 Å². The van der Waals surface area contributed by atoms with E-state index in [9.17, 15) is 0 Å². The van der Waals surface area contributed by atoms with Crippen molar-refractivity contribution in [3.63, 3.8) is 0 Å². The van der Waals surface area contributed by atoms with Crippen molar-refractivity contribution in [2.24, 2.45) is 5.90 Å². The summed E-state index contributed by atoms with van der Waals surface area (Å²) < 4.78 is 4.79. The second-order valence-electron chi connectivity index (χ2n) is 2.34. The van der Waals surface area contributed by atoms with Crippen molar-refractivity contribution >= 4 is 0 Å². The van der Waals surface area contributed by atoms with Gasteiger partial charge in [-0.1, -0.05) is 0 Å². The minimum Gasteiger partial charge on any atom is -0.394 e. The predicted octanol–water partition coefficient (Wildman–Crippen LogP) is -2.68. The van der Waals surface area contributed by atoms with Gasteiger partial charge in [-0.25, -0.2) is 5.90 Å². The average molecular weight is 165 g/mol. The van der Waals surface area contributed by atoms with E-state index in [0.717, 1.165) is 0 Å². The lowest BCUT2D eigenvalue weighted by Crippen LogP contribution is -2.35. The zero-order valence-corrected chi connectivity index (χ0v) is 5.75. The predicted molar refractivity (Wildman–Crippen MR) is 33.0 cm³/mol. The van der Waals surface area contributed by atoms with Crippen molar-refractivity contribution in [2.75, 3.05) is 6.61 Å². The van der Waals surface area contributed by atoms with Crippen LogP contribution in [0.5, 0.6) is 0 Å². The largest absolute Gasteiger partial charge is 0.394 e. The number of aliphatic hydroxyl groups is 3. The van der Waals surface area contributed by atoms with Gasteiger partial charge < -0.3 is 20.1 Å². The van der Waals surface area contributed by atoms with E-state index in [1.807, 2.05) is 0 Å². The lowest BCUT2D eigenvalue weighted by molar-refractivity contribution is -0.171. The molecule has 66 valence electrons. The summed E-state index contributed by atoms with van der Waals surface area (Å²) in [7, 11) is 0. The summed E-state index contributed by atoms with van der Waals surface area (Å²) in [6, 6.07) is 0. The van der Waals surface area contributed by atoms with Crippen molar-refractivity contribution in [1.82, 2.24) is 0 Å². The maximum atomic E-state index is 9.09. The number of ether oxygens (including phenoxy) is 1. The molecule has 0 amide bonds. The van der Waals surface area contributed by atoms with Gasteiger partial charge >= 0.3 is 0 Å². The van der Waals surface area contributed by atoms with Crippen LogP contribution in [0, 0.1) is 0 Å². The summed E-state index contributed by atoms with van der Waals surface area (Å²) in [5.74, 6) is 4.73. The zero-order valence-electron chi connectivity index (χ0n) is 5.75. The number of rotatable bonds is 2. The topological polar surface area (TPSA) is 105 Å². The molecule has 1 aliphatic rings. The van der Waals surface area contributed by atoms with Crippen LogP contribution in [0.2, 0.25) is 0 Å². The summed E-state index contributed by atoms with van der Waals surface area (Å²) in [5, 5.41) is 26.7. The third kappa shape index (κ3) is 1.51. The molecule has 0 spiro atoms. The van der Waals surface area contributed by atoms with Gasteiger partial charge in [0.25, 0.3) is 0 Å². The molecule has 0 saturated carbocycles. The number of aliphatic hydroxyl groups excluding tert-OH is 3. The first kappa shape index (κ1) is 8.85. The van der Waals surface area contributed by atoms with E-state index in [1.165, 1.54) is 0 Å². The second-order valence-corrected chi connectivity index (χ2v) is 2.34. The van der Waals surface area contributed by atoms with Gasteiger partial charge in [-0.15, -0.1) is 0 Å². The summed E-state index contributed by atoms with van der Waals surface area (Å²) in [4.78, 5) is 4.18. The molecular formula is C5H11NO5. The van der Waals surface area contributed by atoms with Crippen LogP contribution in [-0.2, 0) is 9.57 Å². The van der Waals surface area contributed by atoms with E-state index < -0.39 is 24.6 Å². The van der Waals surface area contributed by atoms with Crippen LogP contribution < -0.4 is 5.90 Å².